The van der Waals surface area contributed by atoms with Gasteiger partial charge >= 0.3 is 0 Å². The zero-order chi connectivity index (χ0) is 14.7. The van der Waals surface area contributed by atoms with E-state index in [1.54, 1.807) is 6.07 Å². The summed E-state index contributed by atoms with van der Waals surface area (Å²) in [6.45, 7) is 2.30. The molecule has 0 amide bonds. The van der Waals surface area contributed by atoms with Gasteiger partial charge in [0, 0.05) is 21.1 Å². The maximum Gasteiger partial charge on any atom is 0.128 e. The van der Waals surface area contributed by atoms with Crippen LogP contribution in [0.3, 0.4) is 0 Å². The number of nitriles is 1. The zero-order valence-electron chi connectivity index (χ0n) is 10.7. The van der Waals surface area contributed by atoms with Crippen LogP contribution in [0.4, 0.5) is 10.1 Å². The molecule has 0 aliphatic carbocycles. The second kappa shape index (κ2) is 6.38. The Hall–Kier alpha value is -1.38. The Morgan fingerprint density at radius 2 is 1.85 bits per heavy atom. The molecule has 2 aromatic rings. The minimum atomic E-state index is -0.323. The van der Waals surface area contributed by atoms with Crippen LogP contribution in [0, 0.1) is 24.1 Å². The molecular weight excluding hydrogens is 387 g/mol. The van der Waals surface area contributed by atoms with Crippen LogP contribution >= 0.6 is 31.9 Å². The van der Waals surface area contributed by atoms with Gasteiger partial charge in [-0.3, -0.25) is 0 Å². The predicted octanol–water partition coefficient (Wildman–Crippen LogP) is 5.14. The summed E-state index contributed by atoms with van der Waals surface area (Å²) in [4.78, 5) is 0. The zero-order valence-corrected chi connectivity index (χ0v) is 13.8. The number of nitrogens with zero attached hydrogens (tertiary/aromatic N) is 1. The molecule has 0 bridgehead atoms. The lowest BCUT2D eigenvalue weighted by molar-refractivity contribution is 0.612. The Morgan fingerprint density at radius 3 is 2.45 bits per heavy atom. The number of hydrogen-bond donors (Lipinski definition) is 1. The first kappa shape index (κ1) is 15.0. The highest BCUT2D eigenvalue weighted by atomic mass is 79.9. The molecule has 2 nitrogen and oxygen atoms in total. The van der Waals surface area contributed by atoms with Crippen molar-refractivity contribution < 1.29 is 4.39 Å². The Bertz CT molecular complexity index is 670. The van der Waals surface area contributed by atoms with Gasteiger partial charge < -0.3 is 5.32 Å². The van der Waals surface area contributed by atoms with Crippen molar-refractivity contribution in [2.75, 3.05) is 5.32 Å². The summed E-state index contributed by atoms with van der Waals surface area (Å²) in [7, 11) is 0. The Morgan fingerprint density at radius 1 is 1.20 bits per heavy atom. The molecule has 102 valence electrons. The van der Waals surface area contributed by atoms with Gasteiger partial charge in [-0.05, 0) is 74.7 Å². The Kier molecular flexibility index (Phi) is 4.79. The topological polar surface area (TPSA) is 35.8 Å². The first-order valence-electron chi connectivity index (χ1n) is 5.89. The number of rotatable bonds is 3. The molecule has 0 aromatic heterocycles. The lowest BCUT2D eigenvalue weighted by Gasteiger charge is -2.12. The lowest BCUT2D eigenvalue weighted by Crippen LogP contribution is -2.03. The third-order valence-corrected chi connectivity index (χ3v) is 4.07. The highest BCUT2D eigenvalue weighted by Gasteiger charge is 2.08. The molecule has 0 radical (unpaired) electrons. The summed E-state index contributed by atoms with van der Waals surface area (Å²) in [5, 5.41) is 12.0. The second-order valence-corrected chi connectivity index (χ2v) is 6.08. The van der Waals surface area contributed by atoms with E-state index in [2.05, 4.69) is 37.2 Å². The molecule has 0 atom stereocenters. The quantitative estimate of drug-likeness (QED) is 0.777. The predicted molar refractivity (Wildman–Crippen MR) is 85.0 cm³/mol. The van der Waals surface area contributed by atoms with Crippen LogP contribution in [0.15, 0.2) is 39.3 Å². The minimum Gasteiger partial charge on any atom is -0.379 e. The molecule has 0 aliphatic rings. The van der Waals surface area contributed by atoms with Crippen molar-refractivity contribution in [1.82, 2.24) is 0 Å². The van der Waals surface area contributed by atoms with Crippen molar-refractivity contribution in [3.63, 3.8) is 0 Å². The van der Waals surface area contributed by atoms with Gasteiger partial charge in [-0.15, -0.1) is 0 Å². The van der Waals surface area contributed by atoms with E-state index in [1.807, 2.05) is 25.1 Å². The van der Waals surface area contributed by atoms with E-state index >= 15 is 0 Å². The SMILES string of the molecule is Cc1cc(Br)c(NCc2cc(C#N)ccc2F)c(Br)c1. The number of aryl methyl sites for hydroxylation is 1. The maximum atomic E-state index is 13.7. The lowest BCUT2D eigenvalue weighted by atomic mass is 10.1. The van der Waals surface area contributed by atoms with Crippen LogP contribution in [0.25, 0.3) is 0 Å². The second-order valence-electron chi connectivity index (χ2n) is 4.38. The number of nitrogens with one attached hydrogen (secondary N) is 1. The summed E-state index contributed by atoms with van der Waals surface area (Å²) in [6, 6.07) is 10.3. The largest absolute Gasteiger partial charge is 0.379 e. The fraction of sp³-hybridized carbons (Fsp3) is 0.133. The normalized spacial score (nSPS) is 10.2. The average molecular weight is 398 g/mol. The van der Waals surface area contributed by atoms with Crippen LogP contribution in [-0.4, -0.2) is 0 Å². The molecule has 0 saturated heterocycles. The van der Waals surface area contributed by atoms with Gasteiger partial charge in [-0.2, -0.15) is 5.26 Å². The van der Waals surface area contributed by atoms with Crippen LogP contribution in [0.1, 0.15) is 16.7 Å². The summed E-state index contributed by atoms with van der Waals surface area (Å²) in [5.41, 5.74) is 2.89. The van der Waals surface area contributed by atoms with E-state index in [0.29, 0.717) is 17.7 Å². The first-order chi connectivity index (χ1) is 9.51. The van der Waals surface area contributed by atoms with Gasteiger partial charge in [0.05, 0.1) is 17.3 Å². The molecule has 5 heteroatoms. The van der Waals surface area contributed by atoms with Gasteiger partial charge in [0.15, 0.2) is 0 Å². The van der Waals surface area contributed by atoms with Gasteiger partial charge in [0.2, 0.25) is 0 Å². The Balaban J connectivity index is 2.24. The van der Waals surface area contributed by atoms with E-state index in [1.165, 1.54) is 12.1 Å². The summed E-state index contributed by atoms with van der Waals surface area (Å²) in [6.07, 6.45) is 0. The smallest absolute Gasteiger partial charge is 0.128 e. The molecule has 1 N–H and O–H groups in total. The van der Waals surface area contributed by atoms with Crippen molar-refractivity contribution in [2.45, 2.75) is 13.5 Å². The van der Waals surface area contributed by atoms with Crippen LogP contribution in [-0.2, 0) is 6.54 Å². The molecule has 0 aliphatic heterocycles. The summed E-state index contributed by atoms with van der Waals surface area (Å²) < 4.78 is 15.5. The fourth-order valence-corrected chi connectivity index (χ4v) is 3.53. The van der Waals surface area contributed by atoms with Gasteiger partial charge in [0.25, 0.3) is 0 Å². The Labute approximate surface area is 133 Å². The van der Waals surface area contributed by atoms with E-state index in [-0.39, 0.29) is 5.82 Å². The highest BCUT2D eigenvalue weighted by molar-refractivity contribution is 9.11. The molecule has 0 spiro atoms. The minimum absolute atomic E-state index is 0.307. The molecule has 0 saturated carbocycles. The molecule has 0 fully saturated rings. The molecular formula is C15H11Br2FN2. The number of halogens is 3. The van der Waals surface area contributed by atoms with Crippen molar-refractivity contribution in [2.24, 2.45) is 0 Å². The molecule has 2 rings (SSSR count). The monoisotopic (exact) mass is 396 g/mol. The van der Waals surface area contributed by atoms with Crippen molar-refractivity contribution >= 4 is 37.5 Å². The number of hydrogen-bond acceptors (Lipinski definition) is 2. The van der Waals surface area contributed by atoms with Crippen LogP contribution < -0.4 is 5.32 Å². The fourth-order valence-electron chi connectivity index (χ4n) is 1.83. The van der Waals surface area contributed by atoms with Crippen molar-refractivity contribution in [1.29, 1.82) is 5.26 Å². The number of anilines is 1. The van der Waals surface area contributed by atoms with E-state index in [9.17, 15) is 4.39 Å². The van der Waals surface area contributed by atoms with E-state index in [4.69, 9.17) is 5.26 Å². The molecule has 2 aromatic carbocycles. The van der Waals surface area contributed by atoms with Crippen molar-refractivity contribution in [3.8, 4) is 6.07 Å². The standard InChI is InChI=1S/C15H11Br2FN2/c1-9-4-12(16)15(13(17)5-9)20-8-11-6-10(7-19)2-3-14(11)18/h2-6,20H,8H2,1H3. The van der Waals surface area contributed by atoms with Gasteiger partial charge in [0.1, 0.15) is 5.82 Å². The molecule has 0 unspecified atom stereocenters. The van der Waals surface area contributed by atoms with Gasteiger partial charge in [-0.1, -0.05) is 0 Å². The molecule has 20 heavy (non-hydrogen) atoms. The average Bonchev–Trinajstić information content (AvgIpc) is 2.39. The first-order valence-corrected chi connectivity index (χ1v) is 7.48. The summed E-state index contributed by atoms with van der Waals surface area (Å²) >= 11 is 6.96. The third-order valence-electron chi connectivity index (χ3n) is 2.82. The van der Waals surface area contributed by atoms with Gasteiger partial charge in [-0.25, -0.2) is 4.39 Å². The van der Waals surface area contributed by atoms with E-state index < -0.39 is 0 Å². The van der Waals surface area contributed by atoms with E-state index in [0.717, 1.165) is 20.2 Å². The highest BCUT2D eigenvalue weighted by Crippen LogP contribution is 2.32. The molecule has 0 heterocycles. The van der Waals surface area contributed by atoms with Crippen LogP contribution in [0.2, 0.25) is 0 Å². The third kappa shape index (κ3) is 3.38. The van der Waals surface area contributed by atoms with Crippen LogP contribution in [0.5, 0.6) is 0 Å². The number of benzene rings is 2. The van der Waals surface area contributed by atoms with Crippen molar-refractivity contribution in [3.05, 3.63) is 61.8 Å². The summed E-state index contributed by atoms with van der Waals surface area (Å²) in [5.74, 6) is -0.323. The maximum absolute atomic E-state index is 13.7.